The van der Waals surface area contributed by atoms with Crippen LogP contribution in [0.15, 0.2) is 197 Å². The van der Waals surface area contributed by atoms with Gasteiger partial charge in [0, 0.05) is 56.2 Å². The minimum Gasteiger partial charge on any atom is -0.456 e. The first-order chi connectivity index (χ1) is 27.7. The highest BCUT2D eigenvalue weighted by molar-refractivity contribution is 6.17. The van der Waals surface area contributed by atoms with Crippen molar-refractivity contribution in [1.82, 2.24) is 15.0 Å². The molecule has 4 aromatic heterocycles. The Kier molecular flexibility index (Phi) is 7.42. The summed E-state index contributed by atoms with van der Waals surface area (Å²) < 4.78 is 13.0. The molecule has 0 saturated carbocycles. The van der Waals surface area contributed by atoms with Crippen molar-refractivity contribution in [1.29, 1.82) is 0 Å². The molecular formula is C51H31N3O2. The molecule has 0 N–H and O–H groups in total. The Bertz CT molecular complexity index is 3240. The Morgan fingerprint density at radius 3 is 1.70 bits per heavy atom. The highest BCUT2D eigenvalue weighted by Crippen LogP contribution is 2.43. The van der Waals surface area contributed by atoms with Crippen LogP contribution in [-0.4, -0.2) is 15.0 Å². The second-order valence-electron chi connectivity index (χ2n) is 14.0. The van der Waals surface area contributed by atoms with Crippen molar-refractivity contribution >= 4 is 43.9 Å². The number of hydrogen-bond donors (Lipinski definition) is 0. The van der Waals surface area contributed by atoms with E-state index in [1.54, 1.807) is 0 Å². The third-order valence-electron chi connectivity index (χ3n) is 10.7. The Morgan fingerprint density at radius 2 is 0.911 bits per heavy atom. The van der Waals surface area contributed by atoms with Crippen LogP contribution in [-0.2, 0) is 0 Å². The topological polar surface area (TPSA) is 65.0 Å². The van der Waals surface area contributed by atoms with Crippen molar-refractivity contribution in [3.05, 3.63) is 188 Å². The maximum absolute atomic E-state index is 6.68. The Balaban J connectivity index is 1.03. The normalized spacial score (nSPS) is 11.6. The number of nitrogens with zero attached hydrogens (tertiary/aromatic N) is 3. The number of fused-ring (bicyclic) bond motifs is 6. The van der Waals surface area contributed by atoms with Gasteiger partial charge in [-0.05, 0) is 76.3 Å². The van der Waals surface area contributed by atoms with Gasteiger partial charge in [-0.25, -0.2) is 9.97 Å². The Hall–Kier alpha value is -7.63. The van der Waals surface area contributed by atoms with E-state index in [9.17, 15) is 0 Å². The van der Waals surface area contributed by atoms with Gasteiger partial charge >= 0.3 is 0 Å². The molecule has 56 heavy (non-hydrogen) atoms. The molecule has 5 nitrogen and oxygen atoms in total. The molecule has 0 amide bonds. The van der Waals surface area contributed by atoms with Gasteiger partial charge in [0.2, 0.25) is 0 Å². The highest BCUT2D eigenvalue weighted by atomic mass is 16.3. The summed E-state index contributed by atoms with van der Waals surface area (Å²) >= 11 is 0. The van der Waals surface area contributed by atoms with Gasteiger partial charge in [-0.3, -0.25) is 4.98 Å². The third kappa shape index (κ3) is 5.37. The molecule has 0 saturated heterocycles. The first kappa shape index (κ1) is 31.9. The van der Waals surface area contributed by atoms with E-state index in [0.29, 0.717) is 5.82 Å². The molecule has 0 unspecified atom stereocenters. The molecule has 7 aromatic carbocycles. The molecular weight excluding hydrogens is 687 g/mol. The zero-order chi connectivity index (χ0) is 37.0. The van der Waals surface area contributed by atoms with Crippen molar-refractivity contribution in [2.24, 2.45) is 0 Å². The van der Waals surface area contributed by atoms with Crippen LogP contribution in [0.1, 0.15) is 0 Å². The molecule has 0 aliphatic heterocycles. The maximum Gasteiger partial charge on any atom is 0.161 e. The van der Waals surface area contributed by atoms with E-state index in [1.165, 1.54) is 0 Å². The monoisotopic (exact) mass is 717 g/mol. The molecule has 0 fully saturated rings. The van der Waals surface area contributed by atoms with Gasteiger partial charge in [0.25, 0.3) is 0 Å². The number of benzene rings is 7. The first-order valence-electron chi connectivity index (χ1n) is 18.7. The van der Waals surface area contributed by atoms with E-state index in [-0.39, 0.29) is 0 Å². The summed E-state index contributed by atoms with van der Waals surface area (Å²) in [4.78, 5) is 14.5. The summed E-state index contributed by atoms with van der Waals surface area (Å²) in [6, 6.07) is 60.6. The van der Waals surface area contributed by atoms with Gasteiger partial charge < -0.3 is 8.83 Å². The third-order valence-corrected chi connectivity index (χ3v) is 10.7. The van der Waals surface area contributed by atoms with E-state index >= 15 is 0 Å². The number of rotatable bonds is 6. The summed E-state index contributed by atoms with van der Waals surface area (Å²) in [5.74, 6) is 0.665. The molecule has 0 bridgehead atoms. The second-order valence-corrected chi connectivity index (χ2v) is 14.0. The fourth-order valence-electron chi connectivity index (χ4n) is 7.94. The van der Waals surface area contributed by atoms with Crippen LogP contribution in [0, 0.1) is 0 Å². The molecule has 0 aliphatic rings. The van der Waals surface area contributed by atoms with Crippen LogP contribution >= 0.6 is 0 Å². The van der Waals surface area contributed by atoms with Gasteiger partial charge in [-0.1, -0.05) is 127 Å². The Labute approximate surface area is 322 Å². The summed E-state index contributed by atoms with van der Waals surface area (Å²) in [5.41, 5.74) is 14.5. The lowest BCUT2D eigenvalue weighted by atomic mass is 9.93. The maximum atomic E-state index is 6.68. The predicted molar refractivity (Wildman–Crippen MR) is 227 cm³/mol. The minimum absolute atomic E-state index is 0.665. The van der Waals surface area contributed by atoms with Crippen LogP contribution < -0.4 is 0 Å². The fraction of sp³-hybridized carbons (Fsp3) is 0. The van der Waals surface area contributed by atoms with Crippen molar-refractivity contribution < 1.29 is 8.83 Å². The van der Waals surface area contributed by atoms with Gasteiger partial charge in [0.05, 0.1) is 11.4 Å². The van der Waals surface area contributed by atoms with Gasteiger partial charge in [-0.2, -0.15) is 0 Å². The Morgan fingerprint density at radius 1 is 0.339 bits per heavy atom. The SMILES string of the molecule is c1ccc(-c2cc(-c3ccc(-c4ccc(-c5ccc6c(c5)oc5ccccc56)c5c4oc4ccccc45)cc3)nc(-c3ccccc3-c3ccncc3)n2)cc1. The zero-order valence-corrected chi connectivity index (χ0v) is 30.1. The summed E-state index contributed by atoms with van der Waals surface area (Å²) in [6.45, 7) is 0. The van der Waals surface area contributed by atoms with Crippen molar-refractivity contribution in [2.45, 2.75) is 0 Å². The number of aromatic nitrogens is 3. The zero-order valence-electron chi connectivity index (χ0n) is 30.1. The molecule has 0 radical (unpaired) electrons. The predicted octanol–water partition coefficient (Wildman–Crippen LogP) is 13.7. The fourth-order valence-corrected chi connectivity index (χ4v) is 7.94. The number of pyridine rings is 1. The molecule has 5 heteroatoms. The van der Waals surface area contributed by atoms with Crippen LogP contribution in [0.5, 0.6) is 0 Å². The minimum atomic E-state index is 0.665. The van der Waals surface area contributed by atoms with Crippen molar-refractivity contribution in [3.8, 4) is 67.3 Å². The summed E-state index contributed by atoms with van der Waals surface area (Å²) in [5, 5.41) is 4.39. The average Bonchev–Trinajstić information content (AvgIpc) is 3.85. The smallest absolute Gasteiger partial charge is 0.161 e. The number of furan rings is 2. The lowest BCUT2D eigenvalue weighted by molar-refractivity contribution is 0.668. The molecule has 0 atom stereocenters. The lowest BCUT2D eigenvalue weighted by Gasteiger charge is -2.13. The van der Waals surface area contributed by atoms with E-state index in [4.69, 9.17) is 18.8 Å². The molecule has 11 rings (SSSR count). The first-order valence-corrected chi connectivity index (χ1v) is 18.7. The van der Waals surface area contributed by atoms with Gasteiger partial charge in [-0.15, -0.1) is 0 Å². The van der Waals surface area contributed by atoms with E-state index in [2.05, 4.69) is 114 Å². The highest BCUT2D eigenvalue weighted by Gasteiger charge is 2.19. The number of para-hydroxylation sites is 2. The van der Waals surface area contributed by atoms with Crippen LogP contribution in [0.4, 0.5) is 0 Å². The standard InChI is InChI=1S/C51H31N3O2/c1-2-10-34(11-3-1)44-31-45(54-51(53-44)42-14-5-4-12-37(42)33-26-28-52-29-27-33)35-20-18-32(19-21-35)39-25-24-38(49-43-15-7-9-17-47(43)56-50(39)49)36-22-23-41-40-13-6-8-16-46(40)55-48(41)30-36/h1-31H. The quantitative estimate of drug-likeness (QED) is 0.171. The van der Waals surface area contributed by atoms with Gasteiger partial charge in [0.15, 0.2) is 5.82 Å². The lowest BCUT2D eigenvalue weighted by Crippen LogP contribution is -1.97. The summed E-state index contributed by atoms with van der Waals surface area (Å²) in [7, 11) is 0. The van der Waals surface area contributed by atoms with E-state index in [0.717, 1.165) is 105 Å². The number of hydrogen-bond acceptors (Lipinski definition) is 5. The van der Waals surface area contributed by atoms with Crippen molar-refractivity contribution in [3.63, 3.8) is 0 Å². The largest absolute Gasteiger partial charge is 0.456 e. The van der Waals surface area contributed by atoms with Crippen LogP contribution in [0.3, 0.4) is 0 Å². The van der Waals surface area contributed by atoms with Crippen LogP contribution in [0.2, 0.25) is 0 Å². The second kappa shape index (κ2) is 13.0. The van der Waals surface area contributed by atoms with Gasteiger partial charge in [0.1, 0.15) is 22.3 Å². The summed E-state index contributed by atoms with van der Waals surface area (Å²) in [6.07, 6.45) is 3.63. The molecule has 0 aliphatic carbocycles. The van der Waals surface area contributed by atoms with E-state index in [1.807, 2.05) is 79.1 Å². The molecule has 0 spiro atoms. The van der Waals surface area contributed by atoms with Crippen molar-refractivity contribution in [2.75, 3.05) is 0 Å². The molecule has 4 heterocycles. The molecule has 262 valence electrons. The van der Waals surface area contributed by atoms with Crippen LogP contribution in [0.25, 0.3) is 111 Å². The molecule has 11 aromatic rings. The average molecular weight is 718 g/mol. The van der Waals surface area contributed by atoms with E-state index < -0.39 is 0 Å².